The largest absolute Gasteiger partial charge is 0.495 e. The molecular weight excluding hydrogens is 530 g/mol. The summed E-state index contributed by atoms with van der Waals surface area (Å²) in [5.41, 5.74) is 12.0. The summed E-state index contributed by atoms with van der Waals surface area (Å²) in [5.74, 6) is -0.0706. The average molecular weight is 562 g/mol. The minimum absolute atomic E-state index is 0.365. The van der Waals surface area contributed by atoms with Crippen LogP contribution in [0.1, 0.15) is 46.5 Å². The number of para-hydroxylation sites is 1. The van der Waals surface area contributed by atoms with Gasteiger partial charge in [-0.3, -0.25) is 14.2 Å². The van der Waals surface area contributed by atoms with E-state index in [0.717, 1.165) is 44.5 Å². The van der Waals surface area contributed by atoms with E-state index >= 15 is 0 Å². The van der Waals surface area contributed by atoms with Gasteiger partial charge in [-0.1, -0.05) is 42.5 Å². The molecule has 6 rings (SSSR count). The molecule has 3 N–H and O–H groups in total. The summed E-state index contributed by atoms with van der Waals surface area (Å²) in [7, 11) is 3.13. The first kappa shape index (κ1) is 27.2. The number of nitrogens with two attached hydrogens (primary N) is 1. The van der Waals surface area contributed by atoms with Crippen molar-refractivity contribution in [2.45, 2.75) is 32.8 Å². The van der Waals surface area contributed by atoms with Gasteiger partial charge in [-0.05, 0) is 96.0 Å². The van der Waals surface area contributed by atoms with Gasteiger partial charge in [0.05, 0.1) is 23.8 Å². The van der Waals surface area contributed by atoms with Crippen LogP contribution in [0, 0.1) is 6.92 Å². The molecule has 1 heterocycles. The number of amides is 1. The van der Waals surface area contributed by atoms with Crippen LogP contribution in [0.5, 0.6) is 5.75 Å². The van der Waals surface area contributed by atoms with Crippen molar-refractivity contribution in [3.63, 3.8) is 0 Å². The molecule has 1 aliphatic rings. The number of carbonyl (C=O) groups excluding carboxylic acids is 1. The fourth-order valence-corrected chi connectivity index (χ4v) is 6.18. The lowest BCUT2D eigenvalue weighted by Crippen LogP contribution is -2.38. The molecule has 0 bridgehead atoms. The second-order valence-corrected chi connectivity index (χ2v) is 11.3. The van der Waals surface area contributed by atoms with Crippen molar-refractivity contribution in [2.75, 3.05) is 7.11 Å². The van der Waals surface area contributed by atoms with Crippen LogP contribution in [-0.4, -0.2) is 27.3 Å². The lowest BCUT2D eigenvalue weighted by atomic mass is 9.88. The van der Waals surface area contributed by atoms with Crippen LogP contribution in [0.25, 0.3) is 38.8 Å². The fraction of sp³-hybridized carbons (Fsp3) is 0.206. The Morgan fingerprint density at radius 2 is 1.69 bits per heavy atom. The Kier molecular flexibility index (Phi) is 6.20. The third-order valence-corrected chi connectivity index (χ3v) is 8.33. The SMILES string of the molecule is COc1cccc2c(=O)n(-c3cccc(-c4ccc(C(N)=O)c5c4-c4ccc(C(C)(C)O)cc4C5)c3C)c(=O)n(C)c12. The maximum Gasteiger partial charge on any atom is 0.335 e. The Bertz CT molecular complexity index is 2080. The number of hydrogen-bond donors (Lipinski definition) is 2. The number of benzene rings is 4. The van der Waals surface area contributed by atoms with Crippen molar-refractivity contribution in [1.82, 2.24) is 9.13 Å². The van der Waals surface area contributed by atoms with Crippen molar-refractivity contribution in [3.05, 3.63) is 115 Å². The van der Waals surface area contributed by atoms with E-state index in [-0.39, 0.29) is 0 Å². The molecule has 0 atom stereocenters. The van der Waals surface area contributed by atoms with Gasteiger partial charge < -0.3 is 15.6 Å². The van der Waals surface area contributed by atoms with Gasteiger partial charge >= 0.3 is 5.69 Å². The Morgan fingerprint density at radius 3 is 2.38 bits per heavy atom. The molecule has 42 heavy (non-hydrogen) atoms. The van der Waals surface area contributed by atoms with Crippen molar-refractivity contribution in [1.29, 1.82) is 0 Å². The number of ether oxygens (including phenoxy) is 1. The molecule has 0 saturated heterocycles. The monoisotopic (exact) mass is 561 g/mol. The van der Waals surface area contributed by atoms with Crippen LogP contribution in [0.4, 0.5) is 0 Å². The Balaban J connectivity index is 1.61. The number of nitrogens with zero attached hydrogens (tertiary/aromatic N) is 2. The molecule has 5 aromatic rings. The van der Waals surface area contributed by atoms with Crippen LogP contribution in [0.15, 0.2) is 76.3 Å². The molecule has 0 spiro atoms. The van der Waals surface area contributed by atoms with E-state index in [1.165, 1.54) is 16.2 Å². The van der Waals surface area contributed by atoms with Crippen molar-refractivity contribution in [3.8, 4) is 33.7 Å². The van der Waals surface area contributed by atoms with Crippen LogP contribution >= 0.6 is 0 Å². The molecule has 8 nitrogen and oxygen atoms in total. The minimum Gasteiger partial charge on any atom is -0.495 e. The molecule has 1 amide bonds. The lowest BCUT2D eigenvalue weighted by Gasteiger charge is -2.20. The number of methoxy groups -OCH3 is 1. The smallest absolute Gasteiger partial charge is 0.335 e. The Hall–Kier alpha value is -4.95. The Labute approximate surface area is 242 Å². The zero-order valence-corrected chi connectivity index (χ0v) is 24.1. The summed E-state index contributed by atoms with van der Waals surface area (Å²) in [4.78, 5) is 39.9. The first-order valence-corrected chi connectivity index (χ1v) is 13.6. The second-order valence-electron chi connectivity index (χ2n) is 11.3. The first-order chi connectivity index (χ1) is 19.9. The number of aliphatic hydroxyl groups is 1. The van der Waals surface area contributed by atoms with E-state index < -0.39 is 22.8 Å². The van der Waals surface area contributed by atoms with Crippen molar-refractivity contribution in [2.24, 2.45) is 12.8 Å². The van der Waals surface area contributed by atoms with Gasteiger partial charge in [-0.2, -0.15) is 0 Å². The number of aryl methyl sites for hydroxylation is 1. The zero-order chi connectivity index (χ0) is 30.1. The van der Waals surface area contributed by atoms with Gasteiger partial charge in [0.25, 0.3) is 5.56 Å². The van der Waals surface area contributed by atoms with Gasteiger partial charge in [0.2, 0.25) is 5.91 Å². The number of primary amides is 1. The average Bonchev–Trinajstić information content (AvgIpc) is 3.34. The van der Waals surface area contributed by atoms with Crippen molar-refractivity contribution >= 4 is 16.8 Å². The van der Waals surface area contributed by atoms with Crippen LogP contribution < -0.4 is 21.7 Å². The summed E-state index contributed by atoms with van der Waals surface area (Å²) in [6.07, 6.45) is 0.492. The number of hydrogen-bond acceptors (Lipinski definition) is 5. The normalized spacial score (nSPS) is 12.3. The van der Waals surface area contributed by atoms with Gasteiger partial charge in [-0.25, -0.2) is 9.36 Å². The number of carbonyl (C=O) groups is 1. The number of fused-ring (bicyclic) bond motifs is 4. The summed E-state index contributed by atoms with van der Waals surface area (Å²) in [6.45, 7) is 5.36. The summed E-state index contributed by atoms with van der Waals surface area (Å²) in [5, 5.41) is 11.0. The zero-order valence-electron chi connectivity index (χ0n) is 24.1. The molecule has 4 aromatic carbocycles. The highest BCUT2D eigenvalue weighted by Crippen LogP contribution is 2.46. The molecule has 0 unspecified atom stereocenters. The van der Waals surface area contributed by atoms with E-state index in [1.807, 2.05) is 43.3 Å². The van der Waals surface area contributed by atoms with Crippen molar-refractivity contribution < 1.29 is 14.6 Å². The summed E-state index contributed by atoms with van der Waals surface area (Å²) >= 11 is 0. The highest BCUT2D eigenvalue weighted by molar-refractivity contribution is 6.02. The van der Waals surface area contributed by atoms with E-state index in [9.17, 15) is 19.5 Å². The topological polar surface area (TPSA) is 117 Å². The van der Waals surface area contributed by atoms with Crippen LogP contribution in [0.2, 0.25) is 0 Å². The lowest BCUT2D eigenvalue weighted by molar-refractivity contribution is 0.0785. The molecule has 8 heteroatoms. The Morgan fingerprint density at radius 1 is 0.976 bits per heavy atom. The van der Waals surface area contributed by atoms with E-state index in [1.54, 1.807) is 51.2 Å². The molecule has 0 saturated carbocycles. The quantitative estimate of drug-likeness (QED) is 0.320. The molecule has 1 aliphatic carbocycles. The highest BCUT2D eigenvalue weighted by atomic mass is 16.5. The third-order valence-electron chi connectivity index (χ3n) is 8.33. The molecule has 212 valence electrons. The molecular formula is C34H31N3O5. The number of aromatic nitrogens is 2. The molecule has 0 aliphatic heterocycles. The van der Waals surface area contributed by atoms with Gasteiger partial charge in [0.1, 0.15) is 11.3 Å². The van der Waals surface area contributed by atoms with E-state index in [4.69, 9.17) is 10.5 Å². The fourth-order valence-electron chi connectivity index (χ4n) is 6.18. The standard InChI is InChI=1S/C34H31N3O5/c1-18-21(8-6-10-27(18)37-32(39)25-9-7-11-28(42-5)30(25)36(4)33(37)40)23-14-15-24(31(35)38)26-17-19-16-20(34(2,3)41)12-13-22(19)29(23)26/h6-16,41H,17H2,1-5H3,(H2,35,38). The van der Waals surface area contributed by atoms with Crippen LogP contribution in [-0.2, 0) is 19.1 Å². The van der Waals surface area contributed by atoms with E-state index in [0.29, 0.717) is 34.3 Å². The summed E-state index contributed by atoms with van der Waals surface area (Å²) in [6, 6.07) is 20.1. The maximum atomic E-state index is 13.8. The predicted molar refractivity (Wildman–Crippen MR) is 164 cm³/mol. The first-order valence-electron chi connectivity index (χ1n) is 13.6. The maximum absolute atomic E-state index is 13.8. The van der Waals surface area contributed by atoms with Crippen LogP contribution in [0.3, 0.4) is 0 Å². The minimum atomic E-state index is -1.02. The second kappa shape index (κ2) is 9.56. The third kappa shape index (κ3) is 3.98. The van der Waals surface area contributed by atoms with Gasteiger partial charge in [-0.15, -0.1) is 0 Å². The molecule has 1 aromatic heterocycles. The van der Waals surface area contributed by atoms with Gasteiger partial charge in [0, 0.05) is 12.6 Å². The summed E-state index contributed by atoms with van der Waals surface area (Å²) < 4.78 is 8.06. The predicted octanol–water partition coefficient (Wildman–Crippen LogP) is 4.57. The number of rotatable bonds is 5. The highest BCUT2D eigenvalue weighted by Gasteiger charge is 2.29. The van der Waals surface area contributed by atoms with E-state index in [2.05, 4.69) is 0 Å². The molecule has 0 fully saturated rings. The van der Waals surface area contributed by atoms with Gasteiger partial charge in [0.15, 0.2) is 0 Å². The molecule has 0 radical (unpaired) electrons.